The van der Waals surface area contributed by atoms with E-state index in [2.05, 4.69) is 58.4 Å². The van der Waals surface area contributed by atoms with Crippen LogP contribution in [-0.4, -0.2) is 78.0 Å². The van der Waals surface area contributed by atoms with Crippen LogP contribution in [0.15, 0.2) is 30.5 Å². The molecule has 2 N–H and O–H groups in total. The number of benzene rings is 1. The van der Waals surface area contributed by atoms with Gasteiger partial charge in [0.25, 0.3) is 0 Å². The van der Waals surface area contributed by atoms with Gasteiger partial charge in [-0.2, -0.15) is 4.98 Å². The Morgan fingerprint density at radius 3 is 2.59 bits per heavy atom. The van der Waals surface area contributed by atoms with Crippen LogP contribution in [-0.2, 0) is 11.2 Å². The zero-order chi connectivity index (χ0) is 22.5. The second-order valence-corrected chi connectivity index (χ2v) is 8.73. The minimum atomic E-state index is 0.117. The van der Waals surface area contributed by atoms with Gasteiger partial charge in [-0.1, -0.05) is 19.9 Å². The normalized spacial score (nSPS) is 17.1. The van der Waals surface area contributed by atoms with Gasteiger partial charge in [0.05, 0.1) is 6.42 Å². The van der Waals surface area contributed by atoms with E-state index in [1.807, 2.05) is 17.0 Å². The molecule has 1 saturated heterocycles. The van der Waals surface area contributed by atoms with Crippen molar-refractivity contribution < 1.29 is 4.79 Å². The summed E-state index contributed by atoms with van der Waals surface area (Å²) in [6.07, 6.45) is 3.99. The molecule has 0 spiro atoms. The first-order chi connectivity index (χ1) is 15.6. The molecule has 1 aromatic heterocycles. The van der Waals surface area contributed by atoms with Gasteiger partial charge >= 0.3 is 0 Å². The Morgan fingerprint density at radius 2 is 1.84 bits per heavy atom. The van der Waals surface area contributed by atoms with Crippen molar-refractivity contribution in [2.24, 2.45) is 0 Å². The van der Waals surface area contributed by atoms with Crippen LogP contribution in [0.1, 0.15) is 32.3 Å². The number of nitrogens with one attached hydrogen (secondary N) is 2. The van der Waals surface area contributed by atoms with Crippen LogP contribution in [0.25, 0.3) is 0 Å². The molecule has 2 aliphatic heterocycles. The maximum absolute atomic E-state index is 12.6. The third-order valence-corrected chi connectivity index (χ3v) is 6.46. The number of aromatic nitrogens is 2. The molecule has 8 nitrogen and oxygen atoms in total. The van der Waals surface area contributed by atoms with E-state index in [9.17, 15) is 4.79 Å². The molecule has 2 aliphatic rings. The van der Waals surface area contributed by atoms with Crippen molar-refractivity contribution in [1.29, 1.82) is 0 Å². The summed E-state index contributed by atoms with van der Waals surface area (Å²) in [5.41, 5.74) is 2.90. The van der Waals surface area contributed by atoms with E-state index in [0.717, 1.165) is 74.9 Å². The molecule has 0 radical (unpaired) electrons. The van der Waals surface area contributed by atoms with E-state index in [0.29, 0.717) is 12.4 Å². The molecule has 32 heavy (non-hydrogen) atoms. The Hall–Kier alpha value is -2.71. The van der Waals surface area contributed by atoms with E-state index in [-0.39, 0.29) is 11.9 Å². The fraction of sp³-hybridized carbons (Fsp3) is 0.542. The zero-order valence-electron chi connectivity index (χ0n) is 19.5. The summed E-state index contributed by atoms with van der Waals surface area (Å²) in [5.74, 6) is 1.39. The van der Waals surface area contributed by atoms with E-state index < -0.39 is 0 Å². The van der Waals surface area contributed by atoms with Crippen molar-refractivity contribution in [3.63, 3.8) is 0 Å². The number of fused-ring (bicyclic) bond motifs is 1. The molecule has 0 saturated carbocycles. The number of hydrogen-bond acceptors (Lipinski definition) is 7. The highest BCUT2D eigenvalue weighted by molar-refractivity contribution is 6.00. The quantitative estimate of drug-likeness (QED) is 0.625. The number of carbonyl (C=O) groups excluding carboxylic acids is 1. The first-order valence-electron chi connectivity index (χ1n) is 11.8. The van der Waals surface area contributed by atoms with Gasteiger partial charge < -0.3 is 15.5 Å². The van der Waals surface area contributed by atoms with Gasteiger partial charge in [-0.05, 0) is 38.1 Å². The molecule has 0 atom stereocenters. The fourth-order valence-corrected chi connectivity index (χ4v) is 4.45. The molecule has 3 heterocycles. The second-order valence-electron chi connectivity index (χ2n) is 8.73. The summed E-state index contributed by atoms with van der Waals surface area (Å²) >= 11 is 0. The van der Waals surface area contributed by atoms with Crippen LogP contribution in [0.2, 0.25) is 0 Å². The number of piperazine rings is 1. The molecule has 1 fully saturated rings. The lowest BCUT2D eigenvalue weighted by Crippen LogP contribution is -2.45. The smallest absolute Gasteiger partial charge is 0.233 e. The van der Waals surface area contributed by atoms with Crippen LogP contribution in [0.3, 0.4) is 0 Å². The number of carbonyl (C=O) groups is 1. The van der Waals surface area contributed by atoms with Gasteiger partial charge in [0, 0.05) is 68.4 Å². The number of nitrogens with zero attached hydrogens (tertiary/aromatic N) is 5. The van der Waals surface area contributed by atoms with E-state index >= 15 is 0 Å². The number of hydrogen-bond donors (Lipinski definition) is 2. The largest absolute Gasteiger partial charge is 0.384 e. The standard InChI is InChI=1S/C24H35N7O/c1-4-21(5-2)31-22(32)15-18-17-26-24(28-23(18)31)27-20-8-6-7-19(16-20)25-9-10-30-13-11-29(3)12-14-30/h6-8,16-17,21,25H,4-5,9-15H2,1-3H3,(H,26,27,28). The van der Waals surface area contributed by atoms with Gasteiger partial charge in [-0.25, -0.2) is 4.98 Å². The number of likely N-dealkylation sites (N-methyl/N-ethyl adjacent to an activating group) is 1. The minimum Gasteiger partial charge on any atom is -0.384 e. The summed E-state index contributed by atoms with van der Waals surface area (Å²) in [6, 6.07) is 8.36. The lowest BCUT2D eigenvalue weighted by Gasteiger charge is -2.32. The summed E-state index contributed by atoms with van der Waals surface area (Å²) < 4.78 is 0. The Balaban J connectivity index is 1.38. The maximum atomic E-state index is 12.6. The van der Waals surface area contributed by atoms with Crippen LogP contribution in [0.4, 0.5) is 23.1 Å². The van der Waals surface area contributed by atoms with Crippen LogP contribution >= 0.6 is 0 Å². The molecule has 172 valence electrons. The monoisotopic (exact) mass is 437 g/mol. The van der Waals surface area contributed by atoms with Gasteiger partial charge in [0.2, 0.25) is 11.9 Å². The third-order valence-electron chi connectivity index (χ3n) is 6.46. The first kappa shape index (κ1) is 22.5. The van der Waals surface area contributed by atoms with E-state index in [1.165, 1.54) is 0 Å². The third kappa shape index (κ3) is 5.19. The van der Waals surface area contributed by atoms with E-state index in [1.54, 1.807) is 6.20 Å². The first-order valence-corrected chi connectivity index (χ1v) is 11.8. The number of anilines is 4. The Labute approximate surface area is 191 Å². The Bertz CT molecular complexity index is 922. The molecular weight excluding hydrogens is 402 g/mol. The predicted molar refractivity (Wildman–Crippen MR) is 130 cm³/mol. The van der Waals surface area contributed by atoms with Crippen LogP contribution in [0, 0.1) is 0 Å². The van der Waals surface area contributed by atoms with Gasteiger partial charge in [0.1, 0.15) is 5.82 Å². The average molecular weight is 438 g/mol. The molecule has 1 amide bonds. The van der Waals surface area contributed by atoms with Gasteiger partial charge in [0.15, 0.2) is 0 Å². The summed E-state index contributed by atoms with van der Waals surface area (Å²) in [6.45, 7) is 10.7. The molecular formula is C24H35N7O. The highest BCUT2D eigenvalue weighted by Gasteiger charge is 2.33. The van der Waals surface area contributed by atoms with Gasteiger partial charge in [-0.3, -0.25) is 14.6 Å². The number of amides is 1. The van der Waals surface area contributed by atoms with Crippen LogP contribution in [0.5, 0.6) is 0 Å². The second kappa shape index (κ2) is 10.3. The topological polar surface area (TPSA) is 76.6 Å². The van der Waals surface area contributed by atoms with Crippen molar-refractivity contribution in [2.75, 3.05) is 61.8 Å². The SMILES string of the molecule is CCC(CC)N1C(=O)Cc2cnc(Nc3cccc(NCCN4CCN(C)CC4)c3)nc21. The minimum absolute atomic E-state index is 0.117. The fourth-order valence-electron chi connectivity index (χ4n) is 4.45. The Kier molecular flexibility index (Phi) is 7.22. The van der Waals surface area contributed by atoms with Gasteiger partial charge in [-0.15, -0.1) is 0 Å². The predicted octanol–water partition coefficient (Wildman–Crippen LogP) is 2.96. The summed E-state index contributed by atoms with van der Waals surface area (Å²) in [4.78, 5) is 28.5. The highest BCUT2D eigenvalue weighted by Crippen LogP contribution is 2.31. The zero-order valence-corrected chi connectivity index (χ0v) is 19.5. The van der Waals surface area contributed by atoms with Crippen molar-refractivity contribution in [3.8, 4) is 0 Å². The molecule has 0 unspecified atom stereocenters. The maximum Gasteiger partial charge on any atom is 0.233 e. The van der Waals surface area contributed by atoms with Crippen molar-refractivity contribution >= 4 is 29.0 Å². The van der Waals surface area contributed by atoms with Crippen molar-refractivity contribution in [3.05, 3.63) is 36.0 Å². The van der Waals surface area contributed by atoms with Crippen LogP contribution < -0.4 is 15.5 Å². The molecule has 1 aromatic carbocycles. The number of rotatable bonds is 9. The summed E-state index contributed by atoms with van der Waals surface area (Å²) in [7, 11) is 2.18. The Morgan fingerprint density at radius 1 is 1.09 bits per heavy atom. The van der Waals surface area contributed by atoms with Crippen molar-refractivity contribution in [2.45, 2.75) is 39.2 Å². The van der Waals surface area contributed by atoms with Crippen molar-refractivity contribution in [1.82, 2.24) is 19.8 Å². The lowest BCUT2D eigenvalue weighted by molar-refractivity contribution is -0.117. The summed E-state index contributed by atoms with van der Waals surface area (Å²) in [5, 5.41) is 6.84. The average Bonchev–Trinajstić information content (AvgIpc) is 3.12. The molecule has 4 rings (SSSR count). The molecule has 0 aliphatic carbocycles. The highest BCUT2D eigenvalue weighted by atomic mass is 16.2. The molecule has 0 bridgehead atoms. The lowest BCUT2D eigenvalue weighted by atomic mass is 10.1. The van der Waals surface area contributed by atoms with E-state index in [4.69, 9.17) is 4.98 Å². The molecule has 2 aromatic rings. The molecule has 8 heteroatoms.